The summed E-state index contributed by atoms with van der Waals surface area (Å²) in [4.78, 5) is 17.6. The summed E-state index contributed by atoms with van der Waals surface area (Å²) in [7, 11) is 1.65. The zero-order chi connectivity index (χ0) is 15.6. The number of hydrogen-bond donors (Lipinski definition) is 1. The zero-order valence-corrected chi connectivity index (χ0v) is 12.8. The Labute approximate surface area is 133 Å². The summed E-state index contributed by atoms with van der Waals surface area (Å²) in [5.74, 6) is 2.42. The van der Waals surface area contributed by atoms with Gasteiger partial charge in [-0.3, -0.25) is 4.98 Å². The molecule has 1 N–H and O–H groups in total. The molecular formula is C15H17N7O. The van der Waals surface area contributed by atoms with Gasteiger partial charge in [-0.15, -0.1) is 0 Å². The SMILES string of the molecule is COCc1nc2n(n1)CCCC2Nc1ccc2nccnc2n1. The van der Waals surface area contributed by atoms with Crippen LogP contribution in [0.1, 0.15) is 30.5 Å². The van der Waals surface area contributed by atoms with Gasteiger partial charge in [-0.2, -0.15) is 5.10 Å². The fourth-order valence-corrected chi connectivity index (χ4v) is 2.84. The van der Waals surface area contributed by atoms with E-state index in [1.54, 1.807) is 19.5 Å². The van der Waals surface area contributed by atoms with Crippen molar-refractivity contribution in [2.75, 3.05) is 12.4 Å². The van der Waals surface area contributed by atoms with Crippen molar-refractivity contribution in [2.45, 2.75) is 32.0 Å². The molecule has 0 bridgehead atoms. The topological polar surface area (TPSA) is 90.6 Å². The van der Waals surface area contributed by atoms with Crippen LogP contribution >= 0.6 is 0 Å². The van der Waals surface area contributed by atoms with E-state index in [-0.39, 0.29) is 6.04 Å². The molecule has 0 aliphatic carbocycles. The molecule has 4 rings (SSSR count). The molecule has 23 heavy (non-hydrogen) atoms. The third kappa shape index (κ3) is 2.72. The highest BCUT2D eigenvalue weighted by Crippen LogP contribution is 2.27. The normalized spacial score (nSPS) is 17.2. The first kappa shape index (κ1) is 14.0. The average Bonchev–Trinajstić information content (AvgIpc) is 2.99. The number of nitrogens with zero attached hydrogens (tertiary/aromatic N) is 6. The molecule has 0 fully saturated rings. The quantitative estimate of drug-likeness (QED) is 0.784. The number of methoxy groups -OCH3 is 1. The van der Waals surface area contributed by atoms with Gasteiger partial charge in [0.15, 0.2) is 11.5 Å². The molecule has 118 valence electrons. The van der Waals surface area contributed by atoms with Gasteiger partial charge in [0.2, 0.25) is 0 Å². The van der Waals surface area contributed by atoms with E-state index < -0.39 is 0 Å². The lowest BCUT2D eigenvalue weighted by Crippen LogP contribution is -2.23. The summed E-state index contributed by atoms with van der Waals surface area (Å²) in [6.07, 6.45) is 5.35. The Morgan fingerprint density at radius 1 is 1.26 bits per heavy atom. The monoisotopic (exact) mass is 311 g/mol. The molecule has 8 heteroatoms. The standard InChI is InChI=1S/C15H17N7O/c1-23-9-13-20-15-11(3-2-8-22(15)21-13)18-12-5-4-10-14(19-12)17-7-6-16-10/h4-7,11H,2-3,8-9H2,1H3,(H,17,18,19). The molecule has 4 heterocycles. The number of rotatable bonds is 4. The fraction of sp³-hybridized carbons (Fsp3) is 0.400. The molecule has 3 aromatic rings. The molecular weight excluding hydrogens is 294 g/mol. The molecule has 1 aliphatic rings. The van der Waals surface area contributed by atoms with Crippen LogP contribution in [-0.2, 0) is 17.9 Å². The van der Waals surface area contributed by atoms with Crippen molar-refractivity contribution < 1.29 is 4.74 Å². The molecule has 0 amide bonds. The van der Waals surface area contributed by atoms with Crippen molar-refractivity contribution in [1.29, 1.82) is 0 Å². The van der Waals surface area contributed by atoms with Crippen molar-refractivity contribution in [1.82, 2.24) is 29.7 Å². The number of aryl methyl sites for hydroxylation is 1. The van der Waals surface area contributed by atoms with Gasteiger partial charge in [0.1, 0.15) is 23.8 Å². The lowest BCUT2D eigenvalue weighted by atomic mass is 10.1. The first-order chi connectivity index (χ1) is 11.3. The van der Waals surface area contributed by atoms with E-state index in [0.717, 1.165) is 36.5 Å². The minimum absolute atomic E-state index is 0.0866. The third-order valence-electron chi connectivity index (χ3n) is 3.85. The lowest BCUT2D eigenvalue weighted by molar-refractivity contribution is 0.177. The van der Waals surface area contributed by atoms with Crippen LogP contribution in [0.15, 0.2) is 24.5 Å². The molecule has 0 radical (unpaired) electrons. The first-order valence-electron chi connectivity index (χ1n) is 7.60. The summed E-state index contributed by atoms with van der Waals surface area (Å²) >= 11 is 0. The Kier molecular flexibility index (Phi) is 3.58. The maximum Gasteiger partial charge on any atom is 0.180 e. The first-order valence-corrected chi connectivity index (χ1v) is 7.60. The minimum Gasteiger partial charge on any atom is -0.377 e. The van der Waals surface area contributed by atoms with Crippen LogP contribution in [0.3, 0.4) is 0 Å². The second kappa shape index (κ2) is 5.88. The maximum absolute atomic E-state index is 5.12. The van der Waals surface area contributed by atoms with Crippen molar-refractivity contribution in [3.05, 3.63) is 36.2 Å². The van der Waals surface area contributed by atoms with E-state index in [9.17, 15) is 0 Å². The van der Waals surface area contributed by atoms with Gasteiger partial charge in [-0.1, -0.05) is 0 Å². The second-order valence-electron chi connectivity index (χ2n) is 5.48. The number of fused-ring (bicyclic) bond motifs is 2. The van der Waals surface area contributed by atoms with E-state index in [4.69, 9.17) is 4.74 Å². The summed E-state index contributed by atoms with van der Waals surface area (Å²) in [6, 6.07) is 3.92. The largest absolute Gasteiger partial charge is 0.377 e. The summed E-state index contributed by atoms with van der Waals surface area (Å²) in [5, 5.41) is 7.92. The summed E-state index contributed by atoms with van der Waals surface area (Å²) < 4.78 is 7.08. The van der Waals surface area contributed by atoms with E-state index in [1.807, 2.05) is 16.8 Å². The average molecular weight is 311 g/mol. The molecule has 1 unspecified atom stereocenters. The van der Waals surface area contributed by atoms with Gasteiger partial charge < -0.3 is 10.1 Å². The number of aromatic nitrogens is 6. The number of hydrogen-bond acceptors (Lipinski definition) is 7. The van der Waals surface area contributed by atoms with E-state index >= 15 is 0 Å². The van der Waals surface area contributed by atoms with Crippen LogP contribution in [0.4, 0.5) is 5.82 Å². The van der Waals surface area contributed by atoms with Gasteiger partial charge >= 0.3 is 0 Å². The summed E-state index contributed by atoms with van der Waals surface area (Å²) in [6.45, 7) is 1.32. The van der Waals surface area contributed by atoms with Crippen LogP contribution in [0.5, 0.6) is 0 Å². The molecule has 1 aliphatic heterocycles. The zero-order valence-electron chi connectivity index (χ0n) is 12.8. The molecule has 1 atom stereocenters. The Hall–Kier alpha value is -2.61. The lowest BCUT2D eigenvalue weighted by Gasteiger charge is -2.23. The highest BCUT2D eigenvalue weighted by atomic mass is 16.5. The molecule has 0 saturated heterocycles. The van der Waals surface area contributed by atoms with Gasteiger partial charge in [-0.05, 0) is 25.0 Å². The second-order valence-corrected chi connectivity index (χ2v) is 5.48. The predicted octanol–water partition coefficient (Wildman–Crippen LogP) is 1.71. The predicted molar refractivity (Wildman–Crippen MR) is 83.7 cm³/mol. The van der Waals surface area contributed by atoms with E-state index in [2.05, 4.69) is 30.4 Å². The Balaban J connectivity index is 1.61. The smallest absolute Gasteiger partial charge is 0.180 e. The highest BCUT2D eigenvalue weighted by Gasteiger charge is 2.24. The highest BCUT2D eigenvalue weighted by molar-refractivity contribution is 5.71. The van der Waals surface area contributed by atoms with Gasteiger partial charge in [-0.25, -0.2) is 19.6 Å². The van der Waals surface area contributed by atoms with Crippen molar-refractivity contribution in [3.8, 4) is 0 Å². The molecule has 8 nitrogen and oxygen atoms in total. The minimum atomic E-state index is 0.0866. The number of anilines is 1. The van der Waals surface area contributed by atoms with Gasteiger partial charge in [0.05, 0.1) is 6.04 Å². The van der Waals surface area contributed by atoms with Crippen LogP contribution in [0.2, 0.25) is 0 Å². The molecule has 3 aromatic heterocycles. The molecule has 0 saturated carbocycles. The Bertz CT molecular complexity index is 832. The van der Waals surface area contributed by atoms with Crippen molar-refractivity contribution in [2.24, 2.45) is 0 Å². The van der Waals surface area contributed by atoms with Crippen molar-refractivity contribution in [3.63, 3.8) is 0 Å². The molecule has 0 aromatic carbocycles. The number of ether oxygens (including phenoxy) is 1. The summed E-state index contributed by atoms with van der Waals surface area (Å²) in [5.41, 5.74) is 1.42. The molecule has 0 spiro atoms. The van der Waals surface area contributed by atoms with Crippen LogP contribution in [0.25, 0.3) is 11.2 Å². The van der Waals surface area contributed by atoms with Gasteiger partial charge in [0.25, 0.3) is 0 Å². The Morgan fingerprint density at radius 2 is 2.17 bits per heavy atom. The van der Waals surface area contributed by atoms with Crippen molar-refractivity contribution >= 4 is 17.0 Å². The van der Waals surface area contributed by atoms with E-state index in [1.165, 1.54) is 0 Å². The fourth-order valence-electron chi connectivity index (χ4n) is 2.84. The van der Waals surface area contributed by atoms with E-state index in [0.29, 0.717) is 18.1 Å². The number of pyridine rings is 1. The maximum atomic E-state index is 5.12. The third-order valence-corrected chi connectivity index (χ3v) is 3.85. The van der Waals surface area contributed by atoms with Crippen LogP contribution in [0, 0.1) is 0 Å². The van der Waals surface area contributed by atoms with Crippen LogP contribution < -0.4 is 5.32 Å². The Morgan fingerprint density at radius 3 is 3.09 bits per heavy atom. The van der Waals surface area contributed by atoms with Gasteiger partial charge in [0, 0.05) is 26.0 Å². The number of nitrogens with one attached hydrogen (secondary N) is 1. The van der Waals surface area contributed by atoms with Crippen LogP contribution in [-0.4, -0.2) is 36.8 Å².